The van der Waals surface area contributed by atoms with Gasteiger partial charge < -0.3 is 19.8 Å². The van der Waals surface area contributed by atoms with Crippen LogP contribution < -0.4 is 4.90 Å². The van der Waals surface area contributed by atoms with Crippen LogP contribution in [0.1, 0.15) is 26.3 Å². The zero-order chi connectivity index (χ0) is 22.3. The Hall–Kier alpha value is -3.31. The molecule has 0 spiro atoms. The average molecular weight is 406 g/mol. The van der Waals surface area contributed by atoms with Crippen molar-refractivity contribution in [2.75, 3.05) is 31.2 Å². The molecule has 1 heterocycles. The molecular weight excluding hydrogens is 380 g/mol. The highest BCUT2D eigenvalue weighted by Gasteiger charge is 2.42. The molecule has 0 radical (unpaired) electrons. The van der Waals surface area contributed by atoms with Gasteiger partial charge in [-0.1, -0.05) is 19.1 Å². The molecule has 0 bridgehead atoms. The van der Waals surface area contributed by atoms with Crippen LogP contribution in [0.3, 0.4) is 0 Å². The topological polar surface area (TPSA) is 124 Å². The van der Waals surface area contributed by atoms with Gasteiger partial charge >= 0.3 is 0 Å². The normalized spacial score (nSPS) is 15.6. The second-order valence-electron chi connectivity index (χ2n) is 7.65. The Morgan fingerprint density at radius 3 is 2.10 bits per heavy atom. The number of benzene rings is 1. The minimum atomic E-state index is -0.794. The minimum absolute atomic E-state index is 0.00218. The van der Waals surface area contributed by atoms with Gasteiger partial charge in [-0.15, -0.1) is 0 Å². The monoisotopic (exact) mass is 406 g/mol. The van der Waals surface area contributed by atoms with Crippen molar-refractivity contribution >= 4 is 5.69 Å². The van der Waals surface area contributed by atoms with E-state index in [-0.39, 0.29) is 36.0 Å². The Kier molecular flexibility index (Phi) is 7.61. The predicted molar refractivity (Wildman–Crippen MR) is 112 cm³/mol. The highest BCUT2D eigenvalue weighted by atomic mass is 16.5. The maximum Gasteiger partial charge on any atom is 0.172 e. The van der Waals surface area contributed by atoms with E-state index in [0.29, 0.717) is 19.5 Å². The van der Waals surface area contributed by atoms with Gasteiger partial charge in [-0.3, -0.25) is 0 Å². The van der Waals surface area contributed by atoms with E-state index >= 15 is 0 Å². The number of anilines is 1. The van der Waals surface area contributed by atoms with Crippen LogP contribution in [0.2, 0.25) is 0 Å². The summed E-state index contributed by atoms with van der Waals surface area (Å²) < 4.78 is 5.86. The number of hydrogen-bond acceptors (Lipinski definition) is 7. The van der Waals surface area contributed by atoms with E-state index in [4.69, 9.17) is 4.74 Å². The van der Waals surface area contributed by atoms with E-state index < -0.39 is 5.60 Å². The predicted octanol–water partition coefficient (Wildman–Crippen LogP) is 2.59. The molecule has 2 rings (SSSR count). The molecule has 0 aromatic heterocycles. The molecule has 1 unspecified atom stereocenters. The summed E-state index contributed by atoms with van der Waals surface area (Å²) in [7, 11) is 0. The Bertz CT molecular complexity index is 934. The van der Waals surface area contributed by atoms with Crippen molar-refractivity contribution in [2.24, 2.45) is 5.92 Å². The van der Waals surface area contributed by atoms with E-state index in [0.717, 1.165) is 16.8 Å². The maximum atomic E-state index is 9.71. The summed E-state index contributed by atoms with van der Waals surface area (Å²) in [5.41, 5.74) is 2.01. The molecule has 7 heteroatoms. The zero-order valence-electron chi connectivity index (χ0n) is 17.5. The van der Waals surface area contributed by atoms with Gasteiger partial charge in [0, 0.05) is 18.8 Å². The smallest absolute Gasteiger partial charge is 0.172 e. The molecule has 1 aromatic rings. The highest BCUT2D eigenvalue weighted by Crippen LogP contribution is 2.43. The summed E-state index contributed by atoms with van der Waals surface area (Å²) in [6.07, 6.45) is 0.648. The Balaban J connectivity index is 2.32. The maximum absolute atomic E-state index is 9.71. The lowest BCUT2D eigenvalue weighted by atomic mass is 9.82. The molecule has 0 fully saturated rings. The fraction of sp³-hybridized carbons (Fsp3) is 0.435. The van der Waals surface area contributed by atoms with Crippen molar-refractivity contribution in [3.8, 4) is 18.2 Å². The molecule has 1 aromatic carbocycles. The third-order valence-corrected chi connectivity index (χ3v) is 5.14. The van der Waals surface area contributed by atoms with E-state index in [1.165, 1.54) is 0 Å². The molecule has 1 atom stereocenters. The molecule has 7 nitrogen and oxygen atoms in total. The lowest BCUT2D eigenvalue weighted by molar-refractivity contribution is 0.0853. The van der Waals surface area contributed by atoms with E-state index in [2.05, 4.69) is 6.07 Å². The number of allylic oxidation sites excluding steroid dienone is 2. The van der Waals surface area contributed by atoms with Crippen LogP contribution in [0.5, 0.6) is 0 Å². The quantitative estimate of drug-likeness (QED) is 0.636. The molecule has 156 valence electrons. The average Bonchev–Trinajstić information content (AvgIpc) is 2.99. The summed E-state index contributed by atoms with van der Waals surface area (Å²) in [5.74, 6) is 0.0102. The minimum Gasteiger partial charge on any atom is -0.480 e. The SMILES string of the molecule is CC(Cc1ccc(N(CCO)CCO)cc1)C1=C(C#N)C(=C(C#N)C#N)OC1(C)C. The Morgan fingerprint density at radius 1 is 1.07 bits per heavy atom. The van der Waals surface area contributed by atoms with Crippen molar-refractivity contribution in [1.29, 1.82) is 15.8 Å². The molecule has 0 aliphatic carbocycles. The lowest BCUT2D eigenvalue weighted by Crippen LogP contribution is -2.29. The molecule has 30 heavy (non-hydrogen) atoms. The third kappa shape index (κ3) is 4.81. The van der Waals surface area contributed by atoms with Gasteiger partial charge in [0.1, 0.15) is 23.8 Å². The lowest BCUT2D eigenvalue weighted by Gasteiger charge is -2.27. The first-order chi connectivity index (χ1) is 14.3. The van der Waals surface area contributed by atoms with Gasteiger partial charge in [-0.05, 0) is 49.5 Å². The summed E-state index contributed by atoms with van der Waals surface area (Å²) in [5, 5.41) is 46.5. The van der Waals surface area contributed by atoms with Crippen LogP contribution >= 0.6 is 0 Å². The largest absolute Gasteiger partial charge is 0.480 e. The van der Waals surface area contributed by atoms with Crippen LogP contribution in [-0.2, 0) is 11.2 Å². The van der Waals surface area contributed by atoms with Crippen molar-refractivity contribution in [1.82, 2.24) is 0 Å². The van der Waals surface area contributed by atoms with E-state index in [9.17, 15) is 26.0 Å². The summed E-state index contributed by atoms with van der Waals surface area (Å²) in [6.45, 7) is 6.55. The number of hydrogen-bond donors (Lipinski definition) is 2. The fourth-order valence-corrected chi connectivity index (χ4v) is 3.95. The van der Waals surface area contributed by atoms with Crippen LogP contribution in [0.15, 0.2) is 46.7 Å². The van der Waals surface area contributed by atoms with Crippen molar-refractivity contribution in [3.63, 3.8) is 0 Å². The van der Waals surface area contributed by atoms with Crippen LogP contribution in [-0.4, -0.2) is 42.1 Å². The van der Waals surface area contributed by atoms with Crippen LogP contribution in [0.4, 0.5) is 5.69 Å². The first-order valence-corrected chi connectivity index (χ1v) is 9.77. The second-order valence-corrected chi connectivity index (χ2v) is 7.65. The number of nitriles is 3. The van der Waals surface area contributed by atoms with Crippen molar-refractivity contribution < 1.29 is 14.9 Å². The second kappa shape index (κ2) is 9.94. The van der Waals surface area contributed by atoms with Crippen LogP contribution in [0.25, 0.3) is 0 Å². The molecule has 1 aliphatic rings. The van der Waals surface area contributed by atoms with Gasteiger partial charge in [0.05, 0.1) is 18.8 Å². The number of rotatable bonds is 8. The van der Waals surface area contributed by atoms with Gasteiger partial charge in [-0.2, -0.15) is 15.8 Å². The zero-order valence-corrected chi connectivity index (χ0v) is 17.5. The third-order valence-electron chi connectivity index (χ3n) is 5.14. The van der Waals surface area contributed by atoms with Gasteiger partial charge in [-0.25, -0.2) is 0 Å². The fourth-order valence-electron chi connectivity index (χ4n) is 3.95. The summed E-state index contributed by atoms with van der Waals surface area (Å²) >= 11 is 0. The molecular formula is C23H26N4O3. The molecule has 1 aliphatic heterocycles. The van der Waals surface area contributed by atoms with Gasteiger partial charge in [0.2, 0.25) is 0 Å². The molecule has 0 saturated carbocycles. The van der Waals surface area contributed by atoms with Gasteiger partial charge in [0.25, 0.3) is 0 Å². The molecule has 0 amide bonds. The first-order valence-electron chi connectivity index (χ1n) is 9.77. The molecule has 0 saturated heterocycles. The highest BCUT2D eigenvalue weighted by molar-refractivity contribution is 5.58. The van der Waals surface area contributed by atoms with E-state index in [1.807, 2.05) is 62.1 Å². The number of aliphatic hydroxyl groups is 2. The number of ether oxygens (including phenoxy) is 1. The first kappa shape index (κ1) is 23.0. The van der Waals surface area contributed by atoms with Crippen LogP contribution in [0, 0.1) is 39.9 Å². The van der Waals surface area contributed by atoms with Crippen molar-refractivity contribution in [3.05, 3.63) is 52.3 Å². The number of aliphatic hydroxyl groups excluding tert-OH is 2. The summed E-state index contributed by atoms with van der Waals surface area (Å²) in [6, 6.07) is 13.6. The Labute approximate surface area is 177 Å². The number of nitrogens with zero attached hydrogens (tertiary/aromatic N) is 4. The Morgan fingerprint density at radius 2 is 1.63 bits per heavy atom. The van der Waals surface area contributed by atoms with E-state index in [1.54, 1.807) is 0 Å². The summed E-state index contributed by atoms with van der Waals surface area (Å²) in [4.78, 5) is 1.90. The molecule has 2 N–H and O–H groups in total. The van der Waals surface area contributed by atoms with Gasteiger partial charge in [0.15, 0.2) is 11.3 Å². The van der Waals surface area contributed by atoms with Crippen molar-refractivity contribution in [2.45, 2.75) is 32.8 Å². The standard InChI is InChI=1S/C23H26N4O3/c1-16(12-17-4-6-19(7-5-17)27(8-10-28)9-11-29)21-20(15-26)22(18(13-24)14-25)30-23(21,2)3/h4-7,16,28-29H,8-12H2,1-3H3.